The molecule has 0 radical (unpaired) electrons. The average Bonchev–Trinajstić information content (AvgIpc) is 3.27. The molecule has 1 aromatic heterocycles. The number of carbonyl (C=O) groups is 1. The molecule has 0 spiro atoms. The van der Waals surface area contributed by atoms with Gasteiger partial charge in [0.1, 0.15) is 25.0 Å². The maximum Gasteiger partial charge on any atom is 0.338 e. The molecule has 4 aliphatic heterocycles. The standard InChI is InChI=1S/C31H35FN6O3.C6H12O.C2H6/c1-35-25-13-12-24(31(39)40)29(32)30(25)37(3)27(35)17-21-7-6-15-38(16-14-21)26-8-4-5-9-28(36(26)2)41-20-23-11-10-22(18-33)19-34-23;1-5(2)6-3-4-7-6;1-2/h4,8-13,17,19,26-27H,5-7,14-16,20H2,1-3H3,(H,39,40);5-6H,3-4H2,1-2H3;1-2H3/b21-17+;;. The lowest BCUT2D eigenvalue weighted by Gasteiger charge is -2.36. The summed E-state index contributed by atoms with van der Waals surface area (Å²) >= 11 is 0. The van der Waals surface area contributed by atoms with Crippen LogP contribution in [0.25, 0.3) is 0 Å². The Balaban J connectivity index is 0.000000549. The van der Waals surface area contributed by atoms with Gasteiger partial charge in [-0.1, -0.05) is 45.4 Å². The van der Waals surface area contributed by atoms with E-state index in [4.69, 9.17) is 14.7 Å². The molecule has 10 nitrogen and oxygen atoms in total. The molecule has 3 unspecified atom stereocenters. The summed E-state index contributed by atoms with van der Waals surface area (Å²) < 4.78 is 26.4. The third-order valence-electron chi connectivity index (χ3n) is 9.55. The van der Waals surface area contributed by atoms with Gasteiger partial charge in [-0.15, -0.1) is 0 Å². The van der Waals surface area contributed by atoms with Gasteiger partial charge in [-0.3, -0.25) is 9.88 Å². The van der Waals surface area contributed by atoms with Crippen LogP contribution in [-0.4, -0.2) is 85.1 Å². The number of aromatic carboxylic acids is 1. The first-order chi connectivity index (χ1) is 24.1. The molecule has 50 heavy (non-hydrogen) atoms. The van der Waals surface area contributed by atoms with E-state index < -0.39 is 11.8 Å². The number of likely N-dealkylation sites (N-methyl/N-ethyl adjacent to an activating group) is 3. The number of halogens is 1. The molecular weight excluding hydrogens is 635 g/mol. The van der Waals surface area contributed by atoms with Crippen LogP contribution in [0.4, 0.5) is 15.8 Å². The van der Waals surface area contributed by atoms with Crippen molar-refractivity contribution in [1.29, 1.82) is 5.26 Å². The van der Waals surface area contributed by atoms with E-state index in [-0.39, 0.29) is 17.9 Å². The summed E-state index contributed by atoms with van der Waals surface area (Å²) in [5, 5.41) is 18.4. The van der Waals surface area contributed by atoms with Crippen LogP contribution in [0.1, 0.15) is 81.4 Å². The van der Waals surface area contributed by atoms with E-state index >= 15 is 4.39 Å². The number of nitrogens with zero attached hydrogens (tertiary/aromatic N) is 6. The van der Waals surface area contributed by atoms with Crippen molar-refractivity contribution >= 4 is 17.3 Å². The third-order valence-corrected chi connectivity index (χ3v) is 9.55. The number of hydrogen-bond acceptors (Lipinski definition) is 9. The highest BCUT2D eigenvalue weighted by atomic mass is 19.1. The molecule has 6 rings (SSSR count). The molecule has 4 aliphatic rings. The summed E-state index contributed by atoms with van der Waals surface area (Å²) in [7, 11) is 5.77. The van der Waals surface area contributed by atoms with E-state index in [1.165, 1.54) is 18.1 Å². The molecule has 1 aromatic carbocycles. The second-order valence-electron chi connectivity index (χ2n) is 13.1. The zero-order valence-corrected chi connectivity index (χ0v) is 30.6. The van der Waals surface area contributed by atoms with Crippen molar-refractivity contribution in [2.24, 2.45) is 5.92 Å². The van der Waals surface area contributed by atoms with Gasteiger partial charge in [0.2, 0.25) is 0 Å². The number of likely N-dealkylation sites (tertiary alicyclic amines) is 1. The van der Waals surface area contributed by atoms with Crippen molar-refractivity contribution in [3.63, 3.8) is 0 Å². The fraction of sp³-hybridized carbons (Fsp3) is 0.513. The quantitative estimate of drug-likeness (QED) is 0.302. The van der Waals surface area contributed by atoms with E-state index in [2.05, 4.69) is 59.0 Å². The molecule has 1 N–H and O–H groups in total. The molecule has 2 fully saturated rings. The van der Waals surface area contributed by atoms with Gasteiger partial charge in [-0.25, -0.2) is 9.18 Å². The van der Waals surface area contributed by atoms with Gasteiger partial charge in [0, 0.05) is 47.0 Å². The summed E-state index contributed by atoms with van der Waals surface area (Å²) in [5.41, 5.74) is 3.29. The third kappa shape index (κ3) is 9.03. The van der Waals surface area contributed by atoms with Crippen molar-refractivity contribution < 1.29 is 23.8 Å². The Bertz CT molecular complexity index is 1580. The van der Waals surface area contributed by atoms with Crippen LogP contribution in [0.5, 0.6) is 0 Å². The van der Waals surface area contributed by atoms with Crippen LogP contribution in [0.3, 0.4) is 0 Å². The number of carboxylic acid groups (broad SMARTS) is 1. The largest absolute Gasteiger partial charge is 0.478 e. The van der Waals surface area contributed by atoms with Gasteiger partial charge < -0.3 is 29.3 Å². The number of pyridine rings is 1. The second-order valence-corrected chi connectivity index (χ2v) is 13.1. The van der Waals surface area contributed by atoms with Gasteiger partial charge in [-0.2, -0.15) is 5.26 Å². The average molecular weight is 689 g/mol. The molecule has 0 aliphatic carbocycles. The Morgan fingerprint density at radius 2 is 1.90 bits per heavy atom. The molecule has 0 amide bonds. The van der Waals surface area contributed by atoms with Gasteiger partial charge in [0.05, 0.1) is 34.3 Å². The number of ether oxygens (including phenoxy) is 2. The summed E-state index contributed by atoms with van der Waals surface area (Å²) in [4.78, 5) is 24.2. The Morgan fingerprint density at radius 1 is 1.14 bits per heavy atom. The highest BCUT2D eigenvalue weighted by molar-refractivity contribution is 5.93. The predicted molar refractivity (Wildman–Crippen MR) is 195 cm³/mol. The van der Waals surface area contributed by atoms with Crippen molar-refractivity contribution in [1.82, 2.24) is 14.8 Å². The molecule has 270 valence electrons. The smallest absolute Gasteiger partial charge is 0.338 e. The normalized spacial score (nSPS) is 22.6. The van der Waals surface area contributed by atoms with Crippen LogP contribution in [0, 0.1) is 23.1 Å². The van der Waals surface area contributed by atoms with Crippen molar-refractivity contribution in [2.45, 2.75) is 84.8 Å². The fourth-order valence-corrected chi connectivity index (χ4v) is 6.58. The first-order valence-corrected chi connectivity index (χ1v) is 17.7. The molecule has 5 heterocycles. The minimum Gasteiger partial charge on any atom is -0.478 e. The molecule has 11 heteroatoms. The number of rotatable bonds is 7. The minimum atomic E-state index is -1.26. The number of nitriles is 1. The Kier molecular flexibility index (Phi) is 13.8. The first-order valence-electron chi connectivity index (χ1n) is 17.7. The van der Waals surface area contributed by atoms with E-state index in [1.54, 1.807) is 18.3 Å². The van der Waals surface area contributed by atoms with Crippen LogP contribution in [0.15, 0.2) is 66.2 Å². The summed E-state index contributed by atoms with van der Waals surface area (Å²) in [5.74, 6) is -0.435. The van der Waals surface area contributed by atoms with Gasteiger partial charge in [0.25, 0.3) is 0 Å². The van der Waals surface area contributed by atoms with Crippen LogP contribution in [0.2, 0.25) is 0 Å². The molecular formula is C39H53FN6O4. The van der Waals surface area contributed by atoms with E-state index in [0.717, 1.165) is 62.9 Å². The Hall–Kier alpha value is -4.40. The van der Waals surface area contributed by atoms with Crippen LogP contribution in [-0.2, 0) is 16.1 Å². The molecule has 3 atom stereocenters. The highest BCUT2D eigenvalue weighted by Crippen LogP contribution is 2.42. The Labute approximate surface area is 297 Å². The number of benzene rings is 1. The van der Waals surface area contributed by atoms with E-state index in [9.17, 15) is 9.90 Å². The van der Waals surface area contributed by atoms with Crippen molar-refractivity contribution in [3.8, 4) is 6.07 Å². The van der Waals surface area contributed by atoms with Crippen molar-refractivity contribution in [3.05, 3.63) is 88.9 Å². The van der Waals surface area contributed by atoms with Crippen molar-refractivity contribution in [2.75, 3.05) is 50.6 Å². The minimum absolute atomic E-state index is 0.0432. The lowest BCUT2D eigenvalue weighted by Crippen LogP contribution is -2.45. The number of anilines is 2. The van der Waals surface area contributed by atoms with Gasteiger partial charge in [-0.05, 0) is 74.4 Å². The van der Waals surface area contributed by atoms with Crippen LogP contribution >= 0.6 is 0 Å². The SMILES string of the molecule is CC.CC(C)C1CCO1.CN1C(OCc2ccc(C#N)cn2)=CCC=CC1N1CCC/C(=C\C2N(C)c3ccc(C(=O)O)c(F)c3N2C)CC1. The lowest BCUT2D eigenvalue weighted by molar-refractivity contribution is -0.0763. The monoisotopic (exact) mass is 688 g/mol. The van der Waals surface area contributed by atoms with Gasteiger partial charge in [0.15, 0.2) is 11.7 Å². The van der Waals surface area contributed by atoms with Gasteiger partial charge >= 0.3 is 5.97 Å². The zero-order chi connectivity index (χ0) is 36.4. The zero-order valence-electron chi connectivity index (χ0n) is 30.6. The second kappa shape index (κ2) is 18.0. The van der Waals surface area contributed by atoms with E-state index in [1.807, 2.05) is 50.9 Å². The number of hydrogen-bond donors (Lipinski definition) is 1. The molecule has 2 aromatic rings. The molecule has 0 saturated carbocycles. The summed E-state index contributed by atoms with van der Waals surface area (Å²) in [6, 6.07) is 8.66. The van der Waals surface area contributed by atoms with Crippen LogP contribution < -0.4 is 9.80 Å². The fourth-order valence-electron chi connectivity index (χ4n) is 6.58. The van der Waals surface area contributed by atoms with E-state index in [0.29, 0.717) is 29.6 Å². The number of aromatic nitrogens is 1. The number of allylic oxidation sites excluding steroid dienone is 2. The lowest BCUT2D eigenvalue weighted by atomic mass is 10.0. The first kappa shape index (κ1) is 38.4. The molecule has 0 bridgehead atoms. The highest BCUT2D eigenvalue weighted by Gasteiger charge is 2.35. The summed E-state index contributed by atoms with van der Waals surface area (Å²) in [6.07, 6.45) is 15.5. The number of carboxylic acids is 1. The number of fused-ring (bicyclic) bond motifs is 1. The maximum absolute atomic E-state index is 15.1. The Morgan fingerprint density at radius 3 is 2.50 bits per heavy atom. The predicted octanol–water partition coefficient (Wildman–Crippen LogP) is 7.15. The maximum atomic E-state index is 15.1. The molecule has 2 saturated heterocycles. The summed E-state index contributed by atoms with van der Waals surface area (Å²) in [6.45, 7) is 11.5. The topological polar surface area (TPSA) is 105 Å².